The minimum Gasteiger partial charge on any atom is -0.438 e. The zero-order valence-electron chi connectivity index (χ0n) is 9.73. The third-order valence-corrected chi connectivity index (χ3v) is 2.63. The summed E-state index contributed by atoms with van der Waals surface area (Å²) in [4.78, 5) is 8.27. The first-order valence-electron chi connectivity index (χ1n) is 5.59. The number of rotatable bonds is 2. The summed E-state index contributed by atoms with van der Waals surface area (Å²) in [5.41, 5.74) is 7.03. The molecule has 2 aromatic heterocycles. The standard InChI is InChI=1S/C13H9F2N3O/c14-8-3-7(4-9(15)5-8)10-1-2-11-13(17-10)18-12(6-16)19-11/h1-5H,6,16H2. The van der Waals surface area contributed by atoms with Gasteiger partial charge in [0.05, 0.1) is 12.2 Å². The SMILES string of the molecule is NCc1nc2nc(-c3cc(F)cc(F)c3)ccc2o1. The number of pyridine rings is 1. The number of fused-ring (bicyclic) bond motifs is 1. The maximum atomic E-state index is 13.2. The number of nitrogens with zero attached hydrogens (tertiary/aromatic N) is 2. The van der Waals surface area contributed by atoms with Crippen LogP contribution in [0.4, 0.5) is 8.78 Å². The quantitative estimate of drug-likeness (QED) is 0.770. The molecule has 0 saturated carbocycles. The molecule has 0 bridgehead atoms. The predicted molar refractivity (Wildman–Crippen MR) is 65.0 cm³/mol. The fourth-order valence-electron chi connectivity index (χ4n) is 1.81. The van der Waals surface area contributed by atoms with Crippen molar-refractivity contribution in [3.05, 3.63) is 47.9 Å². The van der Waals surface area contributed by atoms with Crippen LogP contribution in [0, 0.1) is 11.6 Å². The fourth-order valence-corrected chi connectivity index (χ4v) is 1.81. The van der Waals surface area contributed by atoms with Gasteiger partial charge < -0.3 is 10.2 Å². The summed E-state index contributed by atoms with van der Waals surface area (Å²) in [7, 11) is 0. The van der Waals surface area contributed by atoms with Gasteiger partial charge in [0.25, 0.3) is 0 Å². The van der Waals surface area contributed by atoms with Gasteiger partial charge in [-0.1, -0.05) is 0 Å². The van der Waals surface area contributed by atoms with Crippen LogP contribution in [0.3, 0.4) is 0 Å². The highest BCUT2D eigenvalue weighted by Gasteiger charge is 2.09. The summed E-state index contributed by atoms with van der Waals surface area (Å²) < 4.78 is 31.6. The van der Waals surface area contributed by atoms with Gasteiger partial charge in [-0.15, -0.1) is 0 Å². The van der Waals surface area contributed by atoms with E-state index < -0.39 is 11.6 Å². The van der Waals surface area contributed by atoms with Crippen LogP contribution in [-0.2, 0) is 6.54 Å². The van der Waals surface area contributed by atoms with Crippen LogP contribution in [0.1, 0.15) is 5.89 Å². The molecule has 3 rings (SSSR count). The van der Waals surface area contributed by atoms with Crippen LogP contribution in [0.15, 0.2) is 34.7 Å². The molecule has 4 nitrogen and oxygen atoms in total. The van der Waals surface area contributed by atoms with Crippen molar-refractivity contribution in [2.75, 3.05) is 0 Å². The monoisotopic (exact) mass is 261 g/mol. The van der Waals surface area contributed by atoms with Gasteiger partial charge >= 0.3 is 0 Å². The first-order valence-corrected chi connectivity index (χ1v) is 5.59. The molecule has 0 amide bonds. The minimum atomic E-state index is -0.653. The van der Waals surface area contributed by atoms with Gasteiger partial charge in [-0.05, 0) is 24.3 Å². The number of hydrogen-bond donors (Lipinski definition) is 1. The normalized spacial score (nSPS) is 11.1. The van der Waals surface area contributed by atoms with Crippen molar-refractivity contribution >= 4 is 11.2 Å². The van der Waals surface area contributed by atoms with Gasteiger partial charge in [0.15, 0.2) is 11.2 Å². The molecule has 3 aromatic rings. The van der Waals surface area contributed by atoms with E-state index in [2.05, 4.69) is 9.97 Å². The van der Waals surface area contributed by atoms with Gasteiger partial charge in [0.2, 0.25) is 5.89 Å². The lowest BCUT2D eigenvalue weighted by atomic mass is 10.1. The molecule has 96 valence electrons. The van der Waals surface area contributed by atoms with Gasteiger partial charge in [-0.3, -0.25) is 0 Å². The zero-order valence-corrected chi connectivity index (χ0v) is 9.73. The first-order chi connectivity index (χ1) is 9.15. The van der Waals surface area contributed by atoms with Gasteiger partial charge in [0.1, 0.15) is 11.6 Å². The van der Waals surface area contributed by atoms with Gasteiger partial charge in [-0.25, -0.2) is 13.8 Å². The van der Waals surface area contributed by atoms with Crippen molar-refractivity contribution in [2.24, 2.45) is 5.73 Å². The van der Waals surface area contributed by atoms with Crippen molar-refractivity contribution in [3.8, 4) is 11.3 Å². The number of oxazole rings is 1. The third-order valence-electron chi connectivity index (χ3n) is 2.63. The van der Waals surface area contributed by atoms with E-state index in [-0.39, 0.29) is 6.54 Å². The average molecular weight is 261 g/mol. The lowest BCUT2D eigenvalue weighted by molar-refractivity contribution is 0.533. The second-order valence-electron chi connectivity index (χ2n) is 3.99. The van der Waals surface area contributed by atoms with E-state index in [9.17, 15) is 8.78 Å². The maximum Gasteiger partial charge on any atom is 0.210 e. The van der Waals surface area contributed by atoms with E-state index in [0.29, 0.717) is 28.4 Å². The Balaban J connectivity index is 2.14. The number of hydrogen-bond acceptors (Lipinski definition) is 4. The fraction of sp³-hybridized carbons (Fsp3) is 0.0769. The molecule has 0 spiro atoms. The Morgan fingerprint density at radius 1 is 1.05 bits per heavy atom. The van der Waals surface area contributed by atoms with Gasteiger partial charge in [-0.2, -0.15) is 4.98 Å². The predicted octanol–water partition coefficient (Wildman–Crippen LogP) is 2.63. The molecular formula is C13H9F2N3O. The summed E-state index contributed by atoms with van der Waals surface area (Å²) in [6, 6.07) is 6.49. The van der Waals surface area contributed by atoms with Crippen LogP contribution in [-0.4, -0.2) is 9.97 Å². The second kappa shape index (κ2) is 4.40. The summed E-state index contributed by atoms with van der Waals surface area (Å²) >= 11 is 0. The molecule has 0 atom stereocenters. The van der Waals surface area contributed by atoms with Gasteiger partial charge in [0, 0.05) is 11.6 Å². The molecule has 2 heterocycles. The van der Waals surface area contributed by atoms with Crippen LogP contribution >= 0.6 is 0 Å². The topological polar surface area (TPSA) is 64.9 Å². The molecule has 0 aliphatic carbocycles. The van der Waals surface area contributed by atoms with Crippen molar-refractivity contribution < 1.29 is 13.2 Å². The molecule has 2 N–H and O–H groups in total. The molecule has 0 radical (unpaired) electrons. The lowest BCUT2D eigenvalue weighted by Crippen LogP contribution is -1.95. The highest BCUT2D eigenvalue weighted by molar-refractivity contribution is 5.73. The second-order valence-corrected chi connectivity index (χ2v) is 3.99. The Labute approximate surface area is 106 Å². The summed E-state index contributed by atoms with van der Waals surface area (Å²) in [6.07, 6.45) is 0. The van der Waals surface area contributed by atoms with Crippen molar-refractivity contribution in [1.82, 2.24) is 9.97 Å². The van der Waals surface area contributed by atoms with Crippen molar-refractivity contribution in [2.45, 2.75) is 6.54 Å². The molecule has 0 aliphatic heterocycles. The van der Waals surface area contributed by atoms with Crippen molar-refractivity contribution in [1.29, 1.82) is 0 Å². The van der Waals surface area contributed by atoms with Crippen LogP contribution < -0.4 is 5.73 Å². The largest absolute Gasteiger partial charge is 0.438 e. The smallest absolute Gasteiger partial charge is 0.210 e. The maximum absolute atomic E-state index is 13.2. The van der Waals surface area contributed by atoms with E-state index in [4.69, 9.17) is 10.2 Å². The highest BCUT2D eigenvalue weighted by Crippen LogP contribution is 2.23. The number of halogens is 2. The highest BCUT2D eigenvalue weighted by atomic mass is 19.1. The Hall–Kier alpha value is -2.34. The Bertz CT molecular complexity index is 734. The molecule has 0 fully saturated rings. The minimum absolute atomic E-state index is 0.167. The van der Waals surface area contributed by atoms with Crippen LogP contribution in [0.5, 0.6) is 0 Å². The average Bonchev–Trinajstić information content (AvgIpc) is 2.79. The summed E-state index contributed by atoms with van der Waals surface area (Å²) in [5, 5.41) is 0. The van der Waals surface area contributed by atoms with E-state index in [1.165, 1.54) is 12.1 Å². The molecule has 19 heavy (non-hydrogen) atoms. The Morgan fingerprint density at radius 3 is 2.47 bits per heavy atom. The van der Waals surface area contributed by atoms with E-state index >= 15 is 0 Å². The number of aromatic nitrogens is 2. The number of benzene rings is 1. The first kappa shape index (κ1) is 11.7. The molecule has 1 aromatic carbocycles. The van der Waals surface area contributed by atoms with Crippen LogP contribution in [0.25, 0.3) is 22.5 Å². The van der Waals surface area contributed by atoms with E-state index in [1.807, 2.05) is 0 Å². The van der Waals surface area contributed by atoms with E-state index in [0.717, 1.165) is 6.07 Å². The van der Waals surface area contributed by atoms with E-state index in [1.54, 1.807) is 12.1 Å². The Kier molecular flexibility index (Phi) is 2.72. The number of nitrogens with two attached hydrogens (primary N) is 1. The van der Waals surface area contributed by atoms with Crippen molar-refractivity contribution in [3.63, 3.8) is 0 Å². The molecule has 6 heteroatoms. The molecule has 0 unspecified atom stereocenters. The lowest BCUT2D eigenvalue weighted by Gasteiger charge is -2.01. The summed E-state index contributed by atoms with van der Waals surface area (Å²) in [6.45, 7) is 0.167. The van der Waals surface area contributed by atoms with Crippen LogP contribution in [0.2, 0.25) is 0 Å². The Morgan fingerprint density at radius 2 is 1.79 bits per heavy atom. The molecular weight excluding hydrogens is 252 g/mol. The summed E-state index contributed by atoms with van der Waals surface area (Å²) in [5.74, 6) is -0.940. The molecule has 0 saturated heterocycles. The zero-order chi connectivity index (χ0) is 13.4. The molecule has 0 aliphatic rings. The third kappa shape index (κ3) is 2.17.